The maximum Gasteiger partial charge on any atom is 4.00 e. The third-order valence-electron chi connectivity index (χ3n) is 6.31. The summed E-state index contributed by atoms with van der Waals surface area (Å²) in [6.45, 7) is 38.2. The molecule has 0 atom stereocenters. The molecule has 0 aromatic rings. The van der Waals surface area contributed by atoms with Crippen LogP contribution in [0.5, 0.6) is 0 Å². The van der Waals surface area contributed by atoms with Gasteiger partial charge >= 0.3 is 25.8 Å². The zero-order valence-electron chi connectivity index (χ0n) is 37.2. The van der Waals surface area contributed by atoms with Crippen LogP contribution in [0, 0.1) is 45.3 Å². The van der Waals surface area contributed by atoms with Gasteiger partial charge < -0.3 is 20.4 Å². The van der Waals surface area contributed by atoms with Crippen molar-refractivity contribution in [3.05, 3.63) is 47.3 Å². The minimum atomic E-state index is -0.0797. The number of carbonyl (C=O) groups excluding carboxylic acids is 4. The molecule has 0 aromatic heterocycles. The smallest absolute Gasteiger partial charge is 0.875 e. The molecule has 0 aliphatic rings. The summed E-state index contributed by atoms with van der Waals surface area (Å²) in [5.41, 5.74) is -0.147. The Kier molecular flexibility index (Phi) is 30.9. The first-order valence-corrected chi connectivity index (χ1v) is 18.5. The van der Waals surface area contributed by atoms with Crippen LogP contribution in [0.25, 0.3) is 0 Å². The fraction of sp³-hybridized carbons (Fsp3) is 0.727. The number of ketones is 4. The molecule has 0 fully saturated rings. The van der Waals surface area contributed by atoms with E-state index in [0.717, 1.165) is 0 Å². The van der Waals surface area contributed by atoms with Gasteiger partial charge in [-0.15, -0.1) is 23.0 Å². The zero-order valence-corrected chi connectivity index (χ0v) is 40.8. The summed E-state index contributed by atoms with van der Waals surface area (Å²) in [5.74, 6) is -0.873. The molecule has 0 amide bonds. The molecular formula is C44H76HfO8. The zero-order chi connectivity index (χ0) is 42.6. The van der Waals surface area contributed by atoms with Crippen LogP contribution in [-0.4, -0.2) is 23.1 Å². The molecule has 53 heavy (non-hydrogen) atoms. The van der Waals surface area contributed by atoms with Crippen LogP contribution in [0.1, 0.15) is 164 Å². The van der Waals surface area contributed by atoms with Crippen molar-refractivity contribution in [2.45, 2.75) is 164 Å². The molecule has 0 heterocycles. The van der Waals surface area contributed by atoms with E-state index in [4.69, 9.17) is 0 Å². The summed E-state index contributed by atoms with van der Waals surface area (Å²) >= 11 is 0. The van der Waals surface area contributed by atoms with Crippen LogP contribution in [0.15, 0.2) is 47.3 Å². The Morgan fingerprint density at radius 2 is 0.472 bits per heavy atom. The minimum absolute atomic E-state index is 0. The summed E-state index contributed by atoms with van der Waals surface area (Å²) in [6.07, 6.45) is 6.67. The fourth-order valence-electron chi connectivity index (χ4n) is 3.60. The SMILES string of the molecule is CC(C)C(=O)/C=C(\[O-])CC(C)(C)C.CC(C)C(=O)/C=C(\[O-])CC(C)(C)C.CC(C)C(=O)/C=C(\[O-])CC(C)(C)C.CC(C)C(=O)/C=C(\[O-])CC(C)(C)C.[Hf+4]. The van der Waals surface area contributed by atoms with Gasteiger partial charge in [0.05, 0.1) is 0 Å². The average molecular weight is 912 g/mol. The Morgan fingerprint density at radius 3 is 0.547 bits per heavy atom. The molecule has 304 valence electrons. The number of hydrogen-bond donors (Lipinski definition) is 0. The van der Waals surface area contributed by atoms with E-state index >= 15 is 0 Å². The molecule has 0 saturated heterocycles. The Hall–Kier alpha value is -2.29. The van der Waals surface area contributed by atoms with E-state index in [1.165, 1.54) is 24.3 Å². The van der Waals surface area contributed by atoms with Crippen LogP contribution >= 0.6 is 0 Å². The standard InChI is InChI=1S/4C11H20O2.Hf/c4*1-8(2)10(13)6-9(12)7-11(3,4)5;/h4*6,8,12H,7H2,1-5H3;/q;;;;+4/p-4/b4*9-6-;. The second-order valence-corrected chi connectivity index (χ2v) is 19.6. The molecule has 0 aromatic carbocycles. The van der Waals surface area contributed by atoms with E-state index in [1.54, 1.807) is 55.4 Å². The van der Waals surface area contributed by atoms with Crippen molar-refractivity contribution in [2.75, 3.05) is 0 Å². The molecule has 0 aliphatic heterocycles. The number of rotatable bonds is 12. The van der Waals surface area contributed by atoms with E-state index in [1.807, 2.05) is 83.1 Å². The van der Waals surface area contributed by atoms with E-state index in [9.17, 15) is 39.6 Å². The van der Waals surface area contributed by atoms with Gasteiger partial charge in [0.15, 0.2) is 23.1 Å². The average Bonchev–Trinajstić information content (AvgIpc) is 2.84. The Balaban J connectivity index is -0.000000192. The van der Waals surface area contributed by atoms with E-state index < -0.39 is 0 Å². The fourth-order valence-corrected chi connectivity index (χ4v) is 3.60. The van der Waals surface area contributed by atoms with Gasteiger partial charge in [0.2, 0.25) is 0 Å². The Labute approximate surface area is 343 Å². The Morgan fingerprint density at radius 1 is 0.358 bits per heavy atom. The molecule has 0 spiro atoms. The quantitative estimate of drug-likeness (QED) is 0.110. The van der Waals surface area contributed by atoms with Crippen LogP contribution < -0.4 is 20.4 Å². The summed E-state index contributed by atoms with van der Waals surface area (Å²) in [5, 5.41) is 45.2. The molecule has 0 bridgehead atoms. The van der Waals surface area contributed by atoms with Gasteiger partial charge in [-0.3, -0.25) is 19.2 Å². The molecule has 0 aliphatic carbocycles. The first-order valence-electron chi connectivity index (χ1n) is 18.5. The second-order valence-electron chi connectivity index (χ2n) is 19.6. The summed E-state index contributed by atoms with van der Waals surface area (Å²) in [6, 6.07) is 0. The maximum absolute atomic E-state index is 11.3. The second kappa shape index (κ2) is 27.3. The first-order chi connectivity index (χ1) is 22.9. The summed E-state index contributed by atoms with van der Waals surface area (Å²) in [4.78, 5) is 44.7. The number of allylic oxidation sites excluding steroid dienone is 8. The van der Waals surface area contributed by atoms with E-state index in [0.29, 0.717) is 25.7 Å². The van der Waals surface area contributed by atoms with Gasteiger partial charge in [0.25, 0.3) is 0 Å². The normalized spacial score (nSPS) is 13.3. The van der Waals surface area contributed by atoms with Gasteiger partial charge in [-0.1, -0.05) is 138 Å². The van der Waals surface area contributed by atoms with Gasteiger partial charge in [-0.05, 0) is 71.6 Å². The van der Waals surface area contributed by atoms with Gasteiger partial charge in [0.1, 0.15) is 0 Å². The van der Waals surface area contributed by atoms with Crippen molar-refractivity contribution < 1.29 is 65.4 Å². The molecular weight excluding hydrogens is 835 g/mol. The van der Waals surface area contributed by atoms with Crippen molar-refractivity contribution in [1.82, 2.24) is 0 Å². The van der Waals surface area contributed by atoms with Gasteiger partial charge in [-0.2, -0.15) is 0 Å². The van der Waals surface area contributed by atoms with Crippen LogP contribution in [0.3, 0.4) is 0 Å². The van der Waals surface area contributed by atoms with E-state index in [2.05, 4.69) is 0 Å². The summed E-state index contributed by atoms with van der Waals surface area (Å²) in [7, 11) is 0. The topological polar surface area (TPSA) is 161 Å². The van der Waals surface area contributed by atoms with Crippen molar-refractivity contribution >= 4 is 23.1 Å². The summed E-state index contributed by atoms with van der Waals surface area (Å²) < 4.78 is 0. The molecule has 0 N–H and O–H groups in total. The maximum atomic E-state index is 11.3. The third-order valence-corrected chi connectivity index (χ3v) is 6.31. The largest absolute Gasteiger partial charge is 4.00 e. The molecule has 0 rings (SSSR count). The number of hydrogen-bond acceptors (Lipinski definition) is 8. The Bertz CT molecular complexity index is 1030. The predicted octanol–water partition coefficient (Wildman–Crippen LogP) is 7.57. The third kappa shape index (κ3) is 45.8. The minimum Gasteiger partial charge on any atom is -0.875 e. The molecule has 0 saturated carbocycles. The van der Waals surface area contributed by atoms with Gasteiger partial charge in [-0.25, -0.2) is 0 Å². The van der Waals surface area contributed by atoms with Crippen molar-refractivity contribution in [1.29, 1.82) is 0 Å². The van der Waals surface area contributed by atoms with Crippen LogP contribution in [-0.2, 0) is 45.0 Å². The van der Waals surface area contributed by atoms with Crippen LogP contribution in [0.4, 0.5) is 0 Å². The number of carbonyl (C=O) groups is 4. The molecule has 8 nitrogen and oxygen atoms in total. The first kappa shape index (κ1) is 60.0. The predicted molar refractivity (Wildman–Crippen MR) is 208 cm³/mol. The van der Waals surface area contributed by atoms with Gasteiger partial charge in [0, 0.05) is 23.7 Å². The van der Waals surface area contributed by atoms with Crippen molar-refractivity contribution in [2.24, 2.45) is 45.3 Å². The molecule has 9 heteroatoms. The van der Waals surface area contributed by atoms with Crippen molar-refractivity contribution in [3.63, 3.8) is 0 Å². The van der Waals surface area contributed by atoms with Crippen LogP contribution in [0.2, 0.25) is 0 Å². The van der Waals surface area contributed by atoms with E-state index in [-0.39, 0.29) is 117 Å². The monoisotopic (exact) mass is 913 g/mol. The van der Waals surface area contributed by atoms with Crippen molar-refractivity contribution in [3.8, 4) is 0 Å². The molecule has 0 radical (unpaired) electrons. The molecule has 0 unspecified atom stereocenters.